The van der Waals surface area contributed by atoms with E-state index in [0.717, 1.165) is 17.1 Å². The summed E-state index contributed by atoms with van der Waals surface area (Å²) < 4.78 is 4.98. The van der Waals surface area contributed by atoms with Gasteiger partial charge in [-0.2, -0.15) is 0 Å². The smallest absolute Gasteiger partial charge is 0.0544 e. The second-order valence-corrected chi connectivity index (χ2v) is 21.3. The van der Waals surface area contributed by atoms with E-state index >= 15 is 0 Å². The van der Waals surface area contributed by atoms with Crippen LogP contribution in [0.2, 0.25) is 0 Å². The molecule has 0 saturated carbocycles. The van der Waals surface area contributed by atoms with Gasteiger partial charge in [-0.15, -0.1) is 11.3 Å². The third kappa shape index (κ3) is 5.99. The molecule has 2 aliphatic rings. The summed E-state index contributed by atoms with van der Waals surface area (Å²) in [5.41, 5.74) is 20.7. The average Bonchev–Trinajstić information content (AvgIpc) is 3.94. The fourth-order valence-corrected chi connectivity index (χ4v) is 13.1. The largest absolute Gasteiger partial charge is 0.310 e. The first-order chi connectivity index (χ1) is 34.2. The van der Waals surface area contributed by atoms with Gasteiger partial charge < -0.3 is 14.4 Å². The van der Waals surface area contributed by atoms with Crippen molar-refractivity contribution in [3.8, 4) is 27.9 Å². The topological polar surface area (TPSA) is 11.4 Å². The maximum Gasteiger partial charge on any atom is 0.0544 e. The number of anilines is 6. The standard InChI is InChI=1S/C66H49N3S/c1-65(2)54-20-10-13-23-60(54)69-61-24-14-11-21-55(61)66(3,4)57-40-45(39-56(65)64(57)69)43-28-33-48(34-29-43)67(49-35-37-63-53(41-49)51-19-9-15-25-62(51)70-63)47-31-26-42(27-32-47)44-30-36-59-52(38-44)50-18-8-12-22-58(50)68(59)46-16-6-5-7-17-46/h5-41H,1-4H3. The summed E-state index contributed by atoms with van der Waals surface area (Å²) in [7, 11) is 0. The first-order valence-corrected chi connectivity index (χ1v) is 25.2. The van der Waals surface area contributed by atoms with Gasteiger partial charge in [0.25, 0.3) is 0 Å². The molecule has 0 amide bonds. The Bertz CT molecular complexity index is 3980. The van der Waals surface area contributed by atoms with Crippen LogP contribution in [0, 0.1) is 0 Å². The van der Waals surface area contributed by atoms with Crippen LogP contribution in [0.15, 0.2) is 224 Å². The van der Waals surface area contributed by atoms with Crippen LogP contribution in [0.1, 0.15) is 49.9 Å². The van der Waals surface area contributed by atoms with Crippen molar-refractivity contribution >= 4 is 87.4 Å². The number of hydrogen-bond donors (Lipinski definition) is 0. The number of fused-ring (bicyclic) bond motifs is 10. The second kappa shape index (κ2) is 15.2. The average molecular weight is 916 g/mol. The third-order valence-corrected chi connectivity index (χ3v) is 16.7. The second-order valence-electron chi connectivity index (χ2n) is 20.2. The number of aromatic nitrogens is 1. The summed E-state index contributed by atoms with van der Waals surface area (Å²) in [6.07, 6.45) is 0. The first-order valence-electron chi connectivity index (χ1n) is 24.4. The molecule has 12 aromatic rings. The molecule has 0 spiro atoms. The van der Waals surface area contributed by atoms with E-state index in [0.29, 0.717) is 0 Å². The minimum Gasteiger partial charge on any atom is -0.310 e. The van der Waals surface area contributed by atoms with Crippen molar-refractivity contribution in [2.75, 3.05) is 9.80 Å². The fraction of sp³-hybridized carbons (Fsp3) is 0.0909. The Labute approximate surface area is 412 Å². The van der Waals surface area contributed by atoms with Crippen molar-refractivity contribution < 1.29 is 0 Å². The Morgan fingerprint density at radius 1 is 0.357 bits per heavy atom. The molecule has 0 bridgehead atoms. The first kappa shape index (κ1) is 40.8. The van der Waals surface area contributed by atoms with Gasteiger partial charge in [-0.1, -0.05) is 149 Å². The lowest BCUT2D eigenvalue weighted by Gasteiger charge is -2.49. The van der Waals surface area contributed by atoms with Gasteiger partial charge in [0.1, 0.15) is 0 Å². The van der Waals surface area contributed by atoms with E-state index in [1.165, 1.54) is 109 Å². The molecule has 2 aliphatic heterocycles. The van der Waals surface area contributed by atoms with Crippen LogP contribution in [0.5, 0.6) is 0 Å². The van der Waals surface area contributed by atoms with E-state index in [9.17, 15) is 0 Å². The molecule has 3 nitrogen and oxygen atoms in total. The molecule has 70 heavy (non-hydrogen) atoms. The van der Waals surface area contributed by atoms with Crippen LogP contribution >= 0.6 is 11.3 Å². The zero-order chi connectivity index (χ0) is 46.9. The maximum absolute atomic E-state index is 2.54. The predicted molar refractivity (Wildman–Crippen MR) is 298 cm³/mol. The monoisotopic (exact) mass is 915 g/mol. The molecule has 4 heterocycles. The van der Waals surface area contributed by atoms with Gasteiger partial charge in [0.15, 0.2) is 0 Å². The molecule has 4 heteroatoms. The summed E-state index contributed by atoms with van der Waals surface area (Å²) in [6, 6.07) is 83.5. The van der Waals surface area contributed by atoms with Gasteiger partial charge in [-0.25, -0.2) is 0 Å². The number of hydrogen-bond acceptors (Lipinski definition) is 3. The highest BCUT2D eigenvalue weighted by Crippen LogP contribution is 2.60. The van der Waals surface area contributed by atoms with Crippen molar-refractivity contribution in [1.29, 1.82) is 0 Å². The molecule has 10 aromatic carbocycles. The highest BCUT2D eigenvalue weighted by Gasteiger charge is 2.45. The van der Waals surface area contributed by atoms with Crippen LogP contribution in [0.25, 0.3) is 69.9 Å². The van der Waals surface area contributed by atoms with Gasteiger partial charge in [0.2, 0.25) is 0 Å². The van der Waals surface area contributed by atoms with Crippen molar-refractivity contribution in [3.63, 3.8) is 0 Å². The Kier molecular flexibility index (Phi) is 8.85. The molecule has 0 atom stereocenters. The summed E-state index contributed by atoms with van der Waals surface area (Å²) in [6.45, 7) is 9.61. The van der Waals surface area contributed by atoms with Crippen molar-refractivity contribution in [2.45, 2.75) is 38.5 Å². The third-order valence-electron chi connectivity index (χ3n) is 15.5. The van der Waals surface area contributed by atoms with Crippen LogP contribution < -0.4 is 9.80 Å². The molecule has 0 radical (unpaired) electrons. The number of benzene rings is 10. The number of rotatable bonds is 6. The molecular weight excluding hydrogens is 867 g/mol. The quantitative estimate of drug-likeness (QED) is 0.165. The Morgan fingerprint density at radius 2 is 0.871 bits per heavy atom. The van der Waals surface area contributed by atoms with Gasteiger partial charge in [0.05, 0.1) is 28.1 Å². The van der Waals surface area contributed by atoms with Gasteiger partial charge in [-0.3, -0.25) is 0 Å². The normalized spacial score (nSPS) is 14.2. The predicted octanol–water partition coefficient (Wildman–Crippen LogP) is 18.7. The molecule has 0 saturated heterocycles. The van der Waals surface area contributed by atoms with Crippen molar-refractivity contribution in [1.82, 2.24) is 4.57 Å². The van der Waals surface area contributed by atoms with Crippen molar-refractivity contribution in [2.24, 2.45) is 0 Å². The minimum atomic E-state index is -0.199. The zero-order valence-corrected chi connectivity index (χ0v) is 40.4. The summed E-state index contributed by atoms with van der Waals surface area (Å²) >= 11 is 1.86. The maximum atomic E-state index is 2.54. The molecule has 0 unspecified atom stereocenters. The molecule has 0 fully saturated rings. The molecule has 2 aromatic heterocycles. The summed E-state index contributed by atoms with van der Waals surface area (Å²) in [4.78, 5) is 4.96. The molecule has 0 N–H and O–H groups in total. The summed E-state index contributed by atoms with van der Waals surface area (Å²) in [5, 5.41) is 5.09. The van der Waals surface area contributed by atoms with Crippen LogP contribution in [0.4, 0.5) is 34.1 Å². The van der Waals surface area contributed by atoms with E-state index < -0.39 is 0 Å². The van der Waals surface area contributed by atoms with E-state index in [1.807, 2.05) is 11.3 Å². The molecule has 14 rings (SSSR count). The SMILES string of the molecule is CC1(C)c2ccccc2N2c3ccccc3C(C)(C)c3cc(-c4ccc(N(c5ccc(-c6ccc7c(c6)c6ccccc6n7-c6ccccc6)cc5)c5ccc6sc7ccccc7c6c5)cc4)cc1c32. The Morgan fingerprint density at radius 3 is 1.54 bits per heavy atom. The van der Waals surface area contributed by atoms with Gasteiger partial charge in [0, 0.05) is 64.5 Å². The highest BCUT2D eigenvalue weighted by atomic mass is 32.1. The molecule has 0 aliphatic carbocycles. The van der Waals surface area contributed by atoms with E-state index in [4.69, 9.17) is 0 Å². The zero-order valence-electron chi connectivity index (χ0n) is 39.6. The highest BCUT2D eigenvalue weighted by molar-refractivity contribution is 7.25. The Balaban J connectivity index is 0.884. The Hall–Kier alpha value is -8.18. The van der Waals surface area contributed by atoms with Crippen molar-refractivity contribution in [3.05, 3.63) is 247 Å². The van der Waals surface area contributed by atoms with Crippen LogP contribution in [0.3, 0.4) is 0 Å². The number of nitrogens with zero attached hydrogens (tertiary/aromatic N) is 3. The number of para-hydroxylation sites is 4. The van der Waals surface area contributed by atoms with Gasteiger partial charge in [-0.05, 0) is 148 Å². The molecular formula is C66H49N3S. The van der Waals surface area contributed by atoms with Crippen LogP contribution in [-0.4, -0.2) is 4.57 Å². The minimum absolute atomic E-state index is 0.199. The lowest BCUT2D eigenvalue weighted by Crippen LogP contribution is -2.38. The lowest BCUT2D eigenvalue weighted by molar-refractivity contribution is 0.598. The number of thiophene rings is 1. The summed E-state index contributed by atoms with van der Waals surface area (Å²) in [5.74, 6) is 0. The fourth-order valence-electron chi connectivity index (χ4n) is 12.0. The molecule has 334 valence electrons. The van der Waals surface area contributed by atoms with Gasteiger partial charge >= 0.3 is 0 Å². The van der Waals surface area contributed by atoms with E-state index in [2.05, 4.69) is 267 Å². The van der Waals surface area contributed by atoms with E-state index in [1.54, 1.807) is 0 Å². The van der Waals surface area contributed by atoms with E-state index in [-0.39, 0.29) is 10.8 Å². The lowest BCUT2D eigenvalue weighted by atomic mass is 9.65. The van der Waals surface area contributed by atoms with Crippen LogP contribution in [-0.2, 0) is 10.8 Å².